The molecule has 1 aromatic carbocycles. The summed E-state index contributed by atoms with van der Waals surface area (Å²) in [5.74, 6) is -1.69. The van der Waals surface area contributed by atoms with E-state index in [9.17, 15) is 14.7 Å². The van der Waals surface area contributed by atoms with Crippen molar-refractivity contribution in [3.63, 3.8) is 0 Å². The van der Waals surface area contributed by atoms with Crippen molar-refractivity contribution in [1.29, 1.82) is 0 Å². The molecule has 0 radical (unpaired) electrons. The zero-order valence-electron chi connectivity index (χ0n) is 12.9. The number of likely N-dealkylation sites (tertiary alicyclic amines) is 1. The summed E-state index contributed by atoms with van der Waals surface area (Å²) in [5.41, 5.74) is 0.362. The first-order valence-electron chi connectivity index (χ1n) is 7.13. The molecule has 5 nitrogen and oxygen atoms in total. The van der Waals surface area contributed by atoms with Crippen LogP contribution >= 0.6 is 22.6 Å². The maximum Gasteiger partial charge on any atom is 0.410 e. The number of amides is 1. The van der Waals surface area contributed by atoms with Crippen molar-refractivity contribution in [3.8, 4) is 0 Å². The van der Waals surface area contributed by atoms with Crippen molar-refractivity contribution in [1.82, 2.24) is 4.90 Å². The monoisotopic (exact) mass is 417 g/mol. The Morgan fingerprint density at radius 2 is 2.00 bits per heavy atom. The molecular formula is C16H20INO4. The molecule has 0 unspecified atom stereocenters. The molecule has 2 rings (SSSR count). The van der Waals surface area contributed by atoms with Gasteiger partial charge in [-0.1, -0.05) is 12.1 Å². The van der Waals surface area contributed by atoms with Crippen LogP contribution in [0.1, 0.15) is 32.3 Å². The first-order chi connectivity index (χ1) is 10.2. The predicted octanol–water partition coefficient (Wildman–Crippen LogP) is 3.33. The number of carboxylic acids is 1. The van der Waals surface area contributed by atoms with Gasteiger partial charge in [-0.3, -0.25) is 4.79 Å². The van der Waals surface area contributed by atoms with E-state index in [4.69, 9.17) is 4.74 Å². The fourth-order valence-corrected chi connectivity index (χ4v) is 3.17. The lowest BCUT2D eigenvalue weighted by Crippen LogP contribution is -2.35. The van der Waals surface area contributed by atoms with Crippen molar-refractivity contribution in [2.24, 2.45) is 5.92 Å². The number of ether oxygens (including phenoxy) is 1. The number of carboxylic acid groups (broad SMARTS) is 1. The van der Waals surface area contributed by atoms with E-state index >= 15 is 0 Å². The molecule has 1 aliphatic heterocycles. The van der Waals surface area contributed by atoms with E-state index in [0.717, 1.165) is 9.13 Å². The predicted molar refractivity (Wildman–Crippen MR) is 90.8 cm³/mol. The Bertz CT molecular complexity index is 582. The molecule has 6 heteroatoms. The zero-order chi connectivity index (χ0) is 16.5. The minimum Gasteiger partial charge on any atom is -0.481 e. The van der Waals surface area contributed by atoms with E-state index in [1.54, 1.807) is 20.8 Å². The molecule has 0 spiro atoms. The Morgan fingerprint density at radius 3 is 2.55 bits per heavy atom. The molecule has 1 N–H and O–H groups in total. The van der Waals surface area contributed by atoms with Crippen molar-refractivity contribution in [2.75, 3.05) is 13.1 Å². The topological polar surface area (TPSA) is 66.8 Å². The third-order valence-electron chi connectivity index (χ3n) is 3.57. The van der Waals surface area contributed by atoms with Crippen LogP contribution in [0.4, 0.5) is 4.79 Å². The molecule has 2 atom stereocenters. The van der Waals surface area contributed by atoms with Crippen molar-refractivity contribution in [3.05, 3.63) is 33.4 Å². The summed E-state index contributed by atoms with van der Waals surface area (Å²) in [5, 5.41) is 9.47. The first kappa shape index (κ1) is 17.1. The summed E-state index contributed by atoms with van der Waals surface area (Å²) in [7, 11) is 0. The molecule has 1 saturated heterocycles. The van der Waals surface area contributed by atoms with E-state index in [-0.39, 0.29) is 12.5 Å². The zero-order valence-corrected chi connectivity index (χ0v) is 15.0. The van der Waals surface area contributed by atoms with Gasteiger partial charge in [0, 0.05) is 22.6 Å². The summed E-state index contributed by atoms with van der Waals surface area (Å²) in [4.78, 5) is 25.2. The highest BCUT2D eigenvalue weighted by Gasteiger charge is 2.41. The SMILES string of the molecule is CC(C)(C)OC(=O)N1C[C@H](C(=O)O)[C@@H](c2cccc(I)c2)C1. The van der Waals surface area contributed by atoms with Crippen molar-refractivity contribution in [2.45, 2.75) is 32.3 Å². The van der Waals surface area contributed by atoms with Gasteiger partial charge in [0.25, 0.3) is 0 Å². The van der Waals surface area contributed by atoms with Crippen LogP contribution in [0.15, 0.2) is 24.3 Å². The molecule has 1 fully saturated rings. The van der Waals surface area contributed by atoms with Gasteiger partial charge < -0.3 is 14.7 Å². The number of hydrogen-bond donors (Lipinski definition) is 1. The smallest absolute Gasteiger partial charge is 0.410 e. The summed E-state index contributed by atoms with van der Waals surface area (Å²) in [6.45, 7) is 5.94. The largest absolute Gasteiger partial charge is 0.481 e. The van der Waals surface area contributed by atoms with Crippen LogP contribution in [0.2, 0.25) is 0 Å². The molecule has 0 bridgehead atoms. The highest BCUT2D eigenvalue weighted by Crippen LogP contribution is 2.34. The molecule has 22 heavy (non-hydrogen) atoms. The normalized spacial score (nSPS) is 21.7. The summed E-state index contributed by atoms with van der Waals surface area (Å²) in [6.07, 6.45) is -0.452. The van der Waals surface area contributed by atoms with Gasteiger partial charge >= 0.3 is 12.1 Å². The van der Waals surface area contributed by atoms with E-state index in [1.807, 2.05) is 24.3 Å². The van der Waals surface area contributed by atoms with E-state index in [2.05, 4.69) is 22.6 Å². The Morgan fingerprint density at radius 1 is 1.32 bits per heavy atom. The van der Waals surface area contributed by atoms with Crippen LogP contribution in [0, 0.1) is 9.49 Å². The van der Waals surface area contributed by atoms with Crippen LogP contribution in [0.5, 0.6) is 0 Å². The highest BCUT2D eigenvalue weighted by molar-refractivity contribution is 14.1. The van der Waals surface area contributed by atoms with Gasteiger partial charge in [-0.25, -0.2) is 4.79 Å². The minimum absolute atomic E-state index is 0.181. The number of hydrogen-bond acceptors (Lipinski definition) is 3. The maximum absolute atomic E-state index is 12.2. The van der Waals surface area contributed by atoms with Crippen molar-refractivity contribution < 1.29 is 19.4 Å². The number of rotatable bonds is 2. The number of aliphatic carboxylic acids is 1. The molecule has 1 amide bonds. The maximum atomic E-state index is 12.2. The summed E-state index contributed by atoms with van der Waals surface area (Å²) >= 11 is 2.20. The first-order valence-corrected chi connectivity index (χ1v) is 8.21. The Labute approximate surface area is 143 Å². The molecule has 0 aromatic heterocycles. The van der Waals surface area contributed by atoms with Crippen LogP contribution in [-0.4, -0.2) is 40.8 Å². The second-order valence-corrected chi connectivity index (χ2v) is 7.74. The average Bonchev–Trinajstić information content (AvgIpc) is 2.82. The highest BCUT2D eigenvalue weighted by atomic mass is 127. The van der Waals surface area contributed by atoms with E-state index in [0.29, 0.717) is 6.54 Å². The second kappa shape index (κ2) is 6.44. The number of carbonyl (C=O) groups excluding carboxylic acids is 1. The van der Waals surface area contributed by atoms with Crippen molar-refractivity contribution >= 4 is 34.7 Å². The third-order valence-corrected chi connectivity index (χ3v) is 4.24. The fourth-order valence-electron chi connectivity index (χ4n) is 2.60. The molecule has 1 aliphatic rings. The minimum atomic E-state index is -0.880. The van der Waals surface area contributed by atoms with Crippen LogP contribution in [0.3, 0.4) is 0 Å². The van der Waals surface area contributed by atoms with Gasteiger partial charge in [0.2, 0.25) is 0 Å². The molecule has 120 valence electrons. The molecule has 1 aromatic rings. The van der Waals surface area contributed by atoms with Gasteiger partial charge in [0.1, 0.15) is 5.60 Å². The third kappa shape index (κ3) is 4.12. The number of benzene rings is 1. The fraction of sp³-hybridized carbons (Fsp3) is 0.500. The number of nitrogens with zero attached hydrogens (tertiary/aromatic N) is 1. The molecule has 0 aliphatic carbocycles. The lowest BCUT2D eigenvalue weighted by atomic mass is 9.89. The van der Waals surface area contributed by atoms with Gasteiger partial charge in [0.05, 0.1) is 5.92 Å². The molecular weight excluding hydrogens is 397 g/mol. The quantitative estimate of drug-likeness (QED) is 0.750. The van der Waals surface area contributed by atoms with Gasteiger partial charge in [-0.05, 0) is 61.1 Å². The number of carbonyl (C=O) groups is 2. The second-order valence-electron chi connectivity index (χ2n) is 6.49. The van der Waals surface area contributed by atoms with Gasteiger partial charge in [0.15, 0.2) is 0 Å². The summed E-state index contributed by atoms with van der Waals surface area (Å²) < 4.78 is 6.40. The lowest BCUT2D eigenvalue weighted by Gasteiger charge is -2.24. The molecule has 1 heterocycles. The standard InChI is InChI=1S/C16H20INO4/c1-16(2,3)22-15(21)18-8-12(13(9-18)14(19)20)10-5-4-6-11(17)7-10/h4-7,12-13H,8-9H2,1-3H3,(H,19,20)/t12-,13+/m1/s1. The van der Waals surface area contributed by atoms with Crippen LogP contribution in [0.25, 0.3) is 0 Å². The molecule has 0 saturated carbocycles. The Hall–Kier alpha value is -1.31. The van der Waals surface area contributed by atoms with E-state index in [1.165, 1.54) is 4.90 Å². The van der Waals surface area contributed by atoms with Gasteiger partial charge in [-0.15, -0.1) is 0 Å². The lowest BCUT2D eigenvalue weighted by molar-refractivity contribution is -0.141. The average molecular weight is 417 g/mol. The van der Waals surface area contributed by atoms with Gasteiger partial charge in [-0.2, -0.15) is 0 Å². The van der Waals surface area contributed by atoms with E-state index < -0.39 is 23.6 Å². The Kier molecular flexibility index (Phi) is 4.99. The van der Waals surface area contributed by atoms with Crippen LogP contribution < -0.4 is 0 Å². The van der Waals surface area contributed by atoms with Crippen LogP contribution in [-0.2, 0) is 9.53 Å². The number of halogens is 1. The Balaban J connectivity index is 2.20. The summed E-state index contributed by atoms with van der Waals surface area (Å²) in [6, 6.07) is 7.76.